The predicted molar refractivity (Wildman–Crippen MR) is 93.1 cm³/mol. The molecule has 1 aliphatic heterocycles. The predicted octanol–water partition coefficient (Wildman–Crippen LogP) is 3.59. The number of rotatable bonds is 7. The lowest BCUT2D eigenvalue weighted by atomic mass is 10.1. The van der Waals surface area contributed by atoms with Gasteiger partial charge in [0.05, 0.1) is 6.54 Å². The van der Waals surface area contributed by atoms with E-state index < -0.39 is 0 Å². The molecule has 1 aromatic heterocycles. The second kappa shape index (κ2) is 8.62. The topological polar surface area (TPSA) is 89.3 Å². The Morgan fingerprint density at radius 1 is 1.32 bits per heavy atom. The first-order chi connectivity index (χ1) is 12.2. The summed E-state index contributed by atoms with van der Waals surface area (Å²) in [5, 5.41) is 9.39. The third kappa shape index (κ3) is 5.03. The average Bonchev–Trinajstić information content (AvgIpc) is 3.30. The molecule has 1 aliphatic rings. The average molecular weight is 344 g/mol. The summed E-state index contributed by atoms with van der Waals surface area (Å²) in [5.74, 6) is 0.924. The number of unbranched alkanes of at least 4 members (excludes halogenated alkanes) is 1. The number of aromatic nitrogens is 2. The molecular formula is C18H24N4O3. The number of carbonyl (C=O) groups is 1. The molecule has 1 aromatic carbocycles. The first kappa shape index (κ1) is 17.4. The number of benzene rings is 1. The molecular weight excluding hydrogens is 320 g/mol. The number of anilines is 1. The Labute approximate surface area is 147 Å². The van der Waals surface area contributed by atoms with Gasteiger partial charge >= 0.3 is 6.03 Å². The van der Waals surface area contributed by atoms with Gasteiger partial charge in [-0.15, -0.1) is 0 Å². The number of nitrogens with zero attached hydrogens (tertiary/aromatic N) is 2. The third-order valence-electron chi connectivity index (χ3n) is 4.13. The highest BCUT2D eigenvalue weighted by Crippen LogP contribution is 2.26. The molecule has 0 bridgehead atoms. The van der Waals surface area contributed by atoms with Crippen molar-refractivity contribution in [2.45, 2.75) is 51.7 Å². The number of hydrogen-bond donors (Lipinski definition) is 2. The minimum atomic E-state index is -0.301. The summed E-state index contributed by atoms with van der Waals surface area (Å²) in [7, 11) is 0. The number of ether oxygens (including phenoxy) is 1. The molecule has 0 saturated carbocycles. The summed E-state index contributed by atoms with van der Waals surface area (Å²) < 4.78 is 10.7. The normalized spacial score (nSPS) is 16.8. The smallest absolute Gasteiger partial charge is 0.319 e. The maximum absolute atomic E-state index is 12.0. The highest BCUT2D eigenvalue weighted by molar-refractivity contribution is 5.89. The standard InChI is InChI=1S/C18H24N4O3/c1-2-3-5-13-7-9-14(10-8-13)20-18(23)19-12-16-21-17(25-22-16)15-6-4-11-24-15/h7-10,15H,2-6,11-12H2,1H3,(H2,19,20,23)/t15-/m1/s1. The maximum atomic E-state index is 12.0. The van der Waals surface area contributed by atoms with E-state index in [1.807, 2.05) is 24.3 Å². The molecule has 25 heavy (non-hydrogen) atoms. The van der Waals surface area contributed by atoms with E-state index in [2.05, 4.69) is 27.7 Å². The van der Waals surface area contributed by atoms with Crippen molar-refractivity contribution < 1.29 is 14.1 Å². The zero-order valence-corrected chi connectivity index (χ0v) is 14.5. The molecule has 2 heterocycles. The van der Waals surface area contributed by atoms with E-state index >= 15 is 0 Å². The van der Waals surface area contributed by atoms with Crippen molar-refractivity contribution >= 4 is 11.7 Å². The van der Waals surface area contributed by atoms with Gasteiger partial charge in [-0.3, -0.25) is 0 Å². The second-order valence-electron chi connectivity index (χ2n) is 6.16. The molecule has 2 aromatic rings. The summed E-state index contributed by atoms with van der Waals surface area (Å²) in [6, 6.07) is 7.60. The zero-order chi connectivity index (χ0) is 17.5. The number of nitrogens with one attached hydrogen (secondary N) is 2. The summed E-state index contributed by atoms with van der Waals surface area (Å²) in [6.45, 7) is 3.10. The highest BCUT2D eigenvalue weighted by Gasteiger charge is 2.23. The Bertz CT molecular complexity index is 678. The van der Waals surface area contributed by atoms with Gasteiger partial charge in [0.1, 0.15) is 6.10 Å². The van der Waals surface area contributed by atoms with E-state index in [1.165, 1.54) is 18.4 Å². The highest BCUT2D eigenvalue weighted by atomic mass is 16.5. The van der Waals surface area contributed by atoms with Crippen molar-refractivity contribution in [1.82, 2.24) is 15.5 Å². The van der Waals surface area contributed by atoms with E-state index in [-0.39, 0.29) is 18.7 Å². The Balaban J connectivity index is 1.44. The van der Waals surface area contributed by atoms with Crippen LogP contribution in [0.15, 0.2) is 28.8 Å². The monoisotopic (exact) mass is 344 g/mol. The van der Waals surface area contributed by atoms with Crippen LogP contribution in [-0.4, -0.2) is 22.8 Å². The van der Waals surface area contributed by atoms with Crippen molar-refractivity contribution in [2.24, 2.45) is 0 Å². The van der Waals surface area contributed by atoms with Gasteiger partial charge in [0.15, 0.2) is 5.82 Å². The lowest BCUT2D eigenvalue weighted by Gasteiger charge is -2.07. The Hall–Kier alpha value is -2.41. The van der Waals surface area contributed by atoms with Crippen LogP contribution in [0.1, 0.15) is 56.0 Å². The van der Waals surface area contributed by atoms with Crippen LogP contribution in [0.4, 0.5) is 10.5 Å². The molecule has 1 atom stereocenters. The van der Waals surface area contributed by atoms with Crippen LogP contribution in [0.25, 0.3) is 0 Å². The molecule has 3 rings (SSSR count). The van der Waals surface area contributed by atoms with E-state index in [0.717, 1.165) is 31.6 Å². The van der Waals surface area contributed by atoms with Crippen LogP contribution in [0.2, 0.25) is 0 Å². The van der Waals surface area contributed by atoms with E-state index in [4.69, 9.17) is 9.26 Å². The van der Waals surface area contributed by atoms with Crippen LogP contribution in [0.5, 0.6) is 0 Å². The zero-order valence-electron chi connectivity index (χ0n) is 14.5. The van der Waals surface area contributed by atoms with Gasteiger partial charge in [-0.25, -0.2) is 4.79 Å². The van der Waals surface area contributed by atoms with Crippen molar-refractivity contribution in [3.63, 3.8) is 0 Å². The fraction of sp³-hybridized carbons (Fsp3) is 0.500. The van der Waals surface area contributed by atoms with Crippen molar-refractivity contribution in [3.05, 3.63) is 41.5 Å². The van der Waals surface area contributed by atoms with Crippen molar-refractivity contribution in [2.75, 3.05) is 11.9 Å². The van der Waals surface area contributed by atoms with Crippen LogP contribution < -0.4 is 10.6 Å². The molecule has 0 spiro atoms. The molecule has 7 nitrogen and oxygen atoms in total. The minimum absolute atomic E-state index is 0.110. The number of urea groups is 1. The third-order valence-corrected chi connectivity index (χ3v) is 4.13. The lowest BCUT2D eigenvalue weighted by molar-refractivity contribution is 0.0835. The molecule has 2 amide bonds. The first-order valence-corrected chi connectivity index (χ1v) is 8.82. The SMILES string of the molecule is CCCCc1ccc(NC(=O)NCc2noc([C@H]3CCCO3)n2)cc1. The molecule has 134 valence electrons. The van der Waals surface area contributed by atoms with Gasteiger partial charge in [0.25, 0.3) is 5.89 Å². The Morgan fingerprint density at radius 3 is 2.88 bits per heavy atom. The van der Waals surface area contributed by atoms with E-state index in [9.17, 15) is 4.79 Å². The summed E-state index contributed by atoms with van der Waals surface area (Å²) in [4.78, 5) is 16.2. The van der Waals surface area contributed by atoms with Crippen molar-refractivity contribution in [1.29, 1.82) is 0 Å². The van der Waals surface area contributed by atoms with Gasteiger partial charge in [-0.1, -0.05) is 30.6 Å². The molecule has 0 unspecified atom stereocenters. The van der Waals surface area contributed by atoms with Gasteiger partial charge in [-0.2, -0.15) is 4.98 Å². The lowest BCUT2D eigenvalue weighted by Crippen LogP contribution is -2.28. The van der Waals surface area contributed by atoms with Crippen LogP contribution >= 0.6 is 0 Å². The molecule has 0 aliphatic carbocycles. The fourth-order valence-corrected chi connectivity index (χ4v) is 2.71. The molecule has 1 saturated heterocycles. The van der Waals surface area contributed by atoms with Gasteiger partial charge in [0, 0.05) is 12.3 Å². The Kier molecular flexibility index (Phi) is 6.00. The number of hydrogen-bond acceptors (Lipinski definition) is 5. The summed E-state index contributed by atoms with van der Waals surface area (Å²) in [6.07, 6.45) is 5.19. The maximum Gasteiger partial charge on any atom is 0.319 e. The largest absolute Gasteiger partial charge is 0.368 e. The Morgan fingerprint density at radius 2 is 2.16 bits per heavy atom. The van der Waals surface area contributed by atoms with Gasteiger partial charge in [-0.05, 0) is 43.4 Å². The number of aryl methyl sites for hydroxylation is 1. The second-order valence-corrected chi connectivity index (χ2v) is 6.16. The quantitative estimate of drug-likeness (QED) is 0.801. The minimum Gasteiger partial charge on any atom is -0.368 e. The molecule has 2 N–H and O–H groups in total. The van der Waals surface area contributed by atoms with Gasteiger partial charge in [0.2, 0.25) is 0 Å². The first-order valence-electron chi connectivity index (χ1n) is 8.82. The van der Waals surface area contributed by atoms with Gasteiger partial charge < -0.3 is 19.9 Å². The molecule has 7 heteroatoms. The van der Waals surface area contributed by atoms with Crippen LogP contribution in [-0.2, 0) is 17.7 Å². The summed E-state index contributed by atoms with van der Waals surface area (Å²) in [5.41, 5.74) is 2.03. The fourth-order valence-electron chi connectivity index (χ4n) is 2.71. The van der Waals surface area contributed by atoms with Crippen LogP contribution in [0, 0.1) is 0 Å². The number of carbonyl (C=O) groups excluding carboxylic acids is 1. The van der Waals surface area contributed by atoms with E-state index in [1.54, 1.807) is 0 Å². The number of amides is 2. The molecule has 0 radical (unpaired) electrons. The molecule has 1 fully saturated rings. The van der Waals surface area contributed by atoms with E-state index in [0.29, 0.717) is 11.7 Å². The van der Waals surface area contributed by atoms with Crippen molar-refractivity contribution in [3.8, 4) is 0 Å². The summed E-state index contributed by atoms with van der Waals surface area (Å²) >= 11 is 0. The van der Waals surface area contributed by atoms with Crippen LogP contribution in [0.3, 0.4) is 0 Å².